The van der Waals surface area contributed by atoms with Gasteiger partial charge in [0.05, 0.1) is 12.7 Å². The van der Waals surface area contributed by atoms with Gasteiger partial charge in [-0.15, -0.1) is 0 Å². The molecule has 0 aliphatic heterocycles. The van der Waals surface area contributed by atoms with Crippen molar-refractivity contribution in [1.82, 2.24) is 5.32 Å². The molecule has 1 atom stereocenters. The summed E-state index contributed by atoms with van der Waals surface area (Å²) in [5.41, 5.74) is 0.319. The molecule has 0 bridgehead atoms. The highest BCUT2D eigenvalue weighted by Gasteiger charge is 2.20. The van der Waals surface area contributed by atoms with Crippen molar-refractivity contribution in [3.63, 3.8) is 0 Å². The van der Waals surface area contributed by atoms with Gasteiger partial charge < -0.3 is 14.8 Å². The average molecular weight is 344 g/mol. The molecular formula is C14H18BrNO4. The molecule has 0 saturated carbocycles. The van der Waals surface area contributed by atoms with Crippen molar-refractivity contribution in [1.29, 1.82) is 0 Å². The summed E-state index contributed by atoms with van der Waals surface area (Å²) in [6.07, 6.45) is -0.0134. The first kappa shape index (κ1) is 16.5. The summed E-state index contributed by atoms with van der Waals surface area (Å²) >= 11 is 3.27. The molecule has 0 radical (unpaired) electrons. The van der Waals surface area contributed by atoms with Crippen LogP contribution in [0.4, 0.5) is 0 Å². The second-order valence-electron chi connectivity index (χ2n) is 4.18. The number of carbonyl (C=O) groups excluding carboxylic acids is 2. The lowest BCUT2D eigenvalue weighted by atomic mass is 10.2. The van der Waals surface area contributed by atoms with E-state index in [9.17, 15) is 9.59 Å². The molecule has 1 unspecified atom stereocenters. The number of nitrogens with one attached hydrogen (secondary N) is 1. The van der Waals surface area contributed by atoms with Crippen LogP contribution in [0.1, 0.15) is 30.6 Å². The Morgan fingerprint density at radius 2 is 2.10 bits per heavy atom. The van der Waals surface area contributed by atoms with Crippen LogP contribution in [0.2, 0.25) is 0 Å². The Bertz CT molecular complexity index is 490. The minimum Gasteiger partial charge on any atom is -0.497 e. The number of rotatable bonds is 6. The molecule has 5 nitrogen and oxygen atoms in total. The highest BCUT2D eigenvalue weighted by Crippen LogP contribution is 2.23. The first-order chi connectivity index (χ1) is 9.49. The van der Waals surface area contributed by atoms with Crippen LogP contribution in [0, 0.1) is 0 Å². The van der Waals surface area contributed by atoms with Gasteiger partial charge in [-0.1, -0.05) is 6.92 Å². The predicted octanol–water partition coefficient (Wildman–Crippen LogP) is 2.53. The fraction of sp³-hybridized carbons (Fsp3) is 0.429. The normalized spacial score (nSPS) is 11.6. The zero-order valence-corrected chi connectivity index (χ0v) is 13.3. The van der Waals surface area contributed by atoms with Gasteiger partial charge in [0.15, 0.2) is 6.10 Å². The molecular weight excluding hydrogens is 326 g/mol. The topological polar surface area (TPSA) is 64.6 Å². The van der Waals surface area contributed by atoms with Crippen LogP contribution in [-0.2, 0) is 9.53 Å². The van der Waals surface area contributed by atoms with Crippen LogP contribution < -0.4 is 10.1 Å². The first-order valence-corrected chi connectivity index (χ1v) is 7.11. The lowest BCUT2D eigenvalue weighted by Gasteiger charge is -2.14. The third-order valence-corrected chi connectivity index (χ3v) is 3.29. The van der Waals surface area contributed by atoms with Crippen molar-refractivity contribution in [2.24, 2.45) is 0 Å². The smallest absolute Gasteiger partial charge is 0.340 e. The van der Waals surface area contributed by atoms with Gasteiger partial charge in [0.2, 0.25) is 0 Å². The summed E-state index contributed by atoms with van der Waals surface area (Å²) in [5, 5.41) is 2.67. The minimum absolute atomic E-state index is 0.306. The van der Waals surface area contributed by atoms with Crippen molar-refractivity contribution in [3.8, 4) is 5.75 Å². The highest BCUT2D eigenvalue weighted by atomic mass is 79.9. The maximum Gasteiger partial charge on any atom is 0.340 e. The summed E-state index contributed by atoms with van der Waals surface area (Å²) in [6, 6.07) is 4.97. The Balaban J connectivity index is 2.73. The third kappa shape index (κ3) is 4.52. The summed E-state index contributed by atoms with van der Waals surface area (Å²) in [6.45, 7) is 4.05. The number of hydrogen-bond donors (Lipinski definition) is 1. The predicted molar refractivity (Wildman–Crippen MR) is 78.9 cm³/mol. The Hall–Kier alpha value is -1.56. The maximum atomic E-state index is 12.0. The Morgan fingerprint density at radius 3 is 2.70 bits per heavy atom. The Morgan fingerprint density at radius 1 is 1.40 bits per heavy atom. The fourth-order valence-corrected chi connectivity index (χ4v) is 1.87. The van der Waals surface area contributed by atoms with E-state index in [4.69, 9.17) is 9.47 Å². The van der Waals surface area contributed by atoms with Crippen molar-refractivity contribution < 1.29 is 19.1 Å². The van der Waals surface area contributed by atoms with E-state index in [1.807, 2.05) is 6.92 Å². The molecule has 0 aliphatic carbocycles. The van der Waals surface area contributed by atoms with E-state index in [2.05, 4.69) is 21.2 Å². The van der Waals surface area contributed by atoms with Crippen LogP contribution in [0.25, 0.3) is 0 Å². The van der Waals surface area contributed by atoms with E-state index < -0.39 is 12.1 Å². The number of ether oxygens (including phenoxy) is 2. The van der Waals surface area contributed by atoms with Gasteiger partial charge in [0.1, 0.15) is 5.75 Å². The Labute approximate surface area is 126 Å². The summed E-state index contributed by atoms with van der Waals surface area (Å²) < 4.78 is 10.8. The molecule has 1 aromatic rings. The molecule has 6 heteroatoms. The van der Waals surface area contributed by atoms with Gasteiger partial charge in [-0.25, -0.2) is 4.79 Å². The summed E-state index contributed by atoms with van der Waals surface area (Å²) in [7, 11) is 1.51. The molecule has 110 valence electrons. The molecule has 0 spiro atoms. The number of methoxy groups -OCH3 is 1. The lowest BCUT2D eigenvalue weighted by Crippen LogP contribution is -2.36. The van der Waals surface area contributed by atoms with E-state index in [1.54, 1.807) is 18.2 Å². The average Bonchev–Trinajstić information content (AvgIpc) is 2.44. The fourth-order valence-electron chi connectivity index (χ4n) is 1.46. The number of carbonyl (C=O) groups is 2. The number of halogens is 1. The van der Waals surface area contributed by atoms with Crippen molar-refractivity contribution >= 4 is 27.8 Å². The van der Waals surface area contributed by atoms with Gasteiger partial charge in [-0.3, -0.25) is 4.79 Å². The molecule has 20 heavy (non-hydrogen) atoms. The van der Waals surface area contributed by atoms with Crippen LogP contribution in [0.5, 0.6) is 5.75 Å². The Kier molecular flexibility index (Phi) is 6.51. The third-order valence-electron chi connectivity index (χ3n) is 2.60. The highest BCUT2D eigenvalue weighted by molar-refractivity contribution is 9.10. The maximum absolute atomic E-state index is 12.0. The van der Waals surface area contributed by atoms with Crippen molar-refractivity contribution in [2.75, 3.05) is 13.7 Å². The molecule has 0 aromatic heterocycles. The van der Waals surface area contributed by atoms with E-state index in [0.29, 0.717) is 22.3 Å². The number of esters is 1. The second kappa shape index (κ2) is 7.89. The van der Waals surface area contributed by atoms with Gasteiger partial charge in [0, 0.05) is 11.0 Å². The summed E-state index contributed by atoms with van der Waals surface area (Å²) in [4.78, 5) is 23.7. The van der Waals surface area contributed by atoms with Gasteiger partial charge in [-0.05, 0) is 47.5 Å². The summed E-state index contributed by atoms with van der Waals surface area (Å²) in [5.74, 6) is -0.336. The molecule has 1 rings (SSSR count). The SMILES string of the molecule is CCCNC(=O)C(C)OC(=O)c1cc(OC)ccc1Br. The molecule has 0 heterocycles. The van der Waals surface area contributed by atoms with E-state index in [1.165, 1.54) is 14.0 Å². The first-order valence-electron chi connectivity index (χ1n) is 6.31. The lowest BCUT2D eigenvalue weighted by molar-refractivity contribution is -0.129. The number of hydrogen-bond acceptors (Lipinski definition) is 4. The molecule has 0 fully saturated rings. The number of amides is 1. The molecule has 1 amide bonds. The van der Waals surface area contributed by atoms with E-state index in [-0.39, 0.29) is 5.91 Å². The number of benzene rings is 1. The zero-order valence-electron chi connectivity index (χ0n) is 11.7. The van der Waals surface area contributed by atoms with Crippen LogP contribution >= 0.6 is 15.9 Å². The quantitative estimate of drug-likeness (QED) is 0.806. The molecule has 0 saturated heterocycles. The second-order valence-corrected chi connectivity index (χ2v) is 5.04. The zero-order chi connectivity index (χ0) is 15.1. The van der Waals surface area contributed by atoms with Gasteiger partial charge in [0.25, 0.3) is 5.91 Å². The van der Waals surface area contributed by atoms with Crippen LogP contribution in [0.15, 0.2) is 22.7 Å². The standard InChI is InChI=1S/C14H18BrNO4/c1-4-7-16-13(17)9(2)20-14(18)11-8-10(19-3)5-6-12(11)15/h5-6,8-9H,4,7H2,1-3H3,(H,16,17). The van der Waals surface area contributed by atoms with Crippen molar-refractivity contribution in [3.05, 3.63) is 28.2 Å². The molecule has 0 aliphatic rings. The van der Waals surface area contributed by atoms with Gasteiger partial charge in [-0.2, -0.15) is 0 Å². The van der Waals surface area contributed by atoms with E-state index >= 15 is 0 Å². The van der Waals surface area contributed by atoms with Gasteiger partial charge >= 0.3 is 5.97 Å². The monoisotopic (exact) mass is 343 g/mol. The van der Waals surface area contributed by atoms with E-state index in [0.717, 1.165) is 6.42 Å². The molecule has 1 N–H and O–H groups in total. The largest absolute Gasteiger partial charge is 0.497 e. The van der Waals surface area contributed by atoms with Crippen LogP contribution in [-0.4, -0.2) is 31.6 Å². The van der Waals surface area contributed by atoms with Crippen LogP contribution in [0.3, 0.4) is 0 Å². The molecule has 1 aromatic carbocycles. The van der Waals surface area contributed by atoms with Crippen molar-refractivity contribution in [2.45, 2.75) is 26.4 Å². The minimum atomic E-state index is -0.841.